The van der Waals surface area contributed by atoms with Gasteiger partial charge in [0.05, 0.1) is 5.54 Å². The van der Waals surface area contributed by atoms with Crippen LogP contribution in [-0.2, 0) is 21.9 Å². The molecule has 0 N–H and O–H groups in total. The second-order valence-electron chi connectivity index (χ2n) is 20.3. The van der Waals surface area contributed by atoms with Crippen molar-refractivity contribution < 1.29 is 0 Å². The van der Waals surface area contributed by atoms with Gasteiger partial charge in [-0.15, -0.1) is 0 Å². The third kappa shape index (κ3) is 5.77. The highest BCUT2D eigenvalue weighted by Gasteiger charge is 2.83. The minimum Gasteiger partial charge on any atom is -0.276 e. The molecule has 4 unspecified atom stereocenters. The zero-order chi connectivity index (χ0) is 43.8. The molecule has 0 aliphatic heterocycles. The summed E-state index contributed by atoms with van der Waals surface area (Å²) in [5.41, 5.74) is 3.71. The quantitative estimate of drug-likeness (QED) is 0.103. The maximum Gasteiger partial charge on any atom is 0.0566 e. The van der Waals surface area contributed by atoms with E-state index in [0.717, 1.165) is 51.4 Å². The molecule has 1 saturated carbocycles. The Hall–Kier alpha value is -3.16. The fourth-order valence-corrected chi connectivity index (χ4v) is 16.5. The molecule has 1 heteroatoms. The molecule has 5 rings (SSSR count). The van der Waals surface area contributed by atoms with Gasteiger partial charge in [-0.2, -0.15) is 0 Å². The van der Waals surface area contributed by atoms with Crippen LogP contribution in [0.3, 0.4) is 0 Å². The maximum atomic E-state index is 3.37. The van der Waals surface area contributed by atoms with Crippen molar-refractivity contribution in [2.24, 2.45) is 27.6 Å². The summed E-state index contributed by atoms with van der Waals surface area (Å²) in [5.74, 6) is 0.337. The van der Waals surface area contributed by atoms with E-state index in [1.54, 1.807) is 0 Å². The van der Waals surface area contributed by atoms with Crippen molar-refractivity contribution in [2.45, 2.75) is 190 Å². The number of hydrogen-bond donors (Lipinski definition) is 0. The van der Waals surface area contributed by atoms with Crippen molar-refractivity contribution in [3.05, 3.63) is 144 Å². The molecule has 322 valence electrons. The zero-order valence-electron chi connectivity index (χ0n) is 40.7. The Morgan fingerprint density at radius 1 is 0.475 bits per heavy atom. The van der Waals surface area contributed by atoms with E-state index in [1.807, 2.05) is 0 Å². The fraction of sp³-hybridized carbons (Fsp3) is 0.586. The van der Waals surface area contributed by atoms with Crippen LogP contribution >= 0.6 is 0 Å². The van der Waals surface area contributed by atoms with Crippen molar-refractivity contribution >= 4 is 0 Å². The first kappa shape index (κ1) is 46.9. The normalized spacial score (nSPS) is 25.6. The Labute approximate surface area is 364 Å². The van der Waals surface area contributed by atoms with Crippen LogP contribution in [0, 0.1) is 27.6 Å². The van der Waals surface area contributed by atoms with Crippen LogP contribution in [0.4, 0.5) is 0 Å². The average Bonchev–Trinajstić information content (AvgIpc) is 3.27. The van der Waals surface area contributed by atoms with Gasteiger partial charge in [0.2, 0.25) is 0 Å². The smallest absolute Gasteiger partial charge is 0.0566 e. The molecule has 1 aliphatic rings. The van der Waals surface area contributed by atoms with Crippen LogP contribution in [0.5, 0.6) is 0 Å². The summed E-state index contributed by atoms with van der Waals surface area (Å²) in [6, 6.07) is 47.3. The van der Waals surface area contributed by atoms with Gasteiger partial charge >= 0.3 is 0 Å². The lowest BCUT2D eigenvalue weighted by atomic mass is 9.24. The molecule has 0 aromatic heterocycles. The summed E-state index contributed by atoms with van der Waals surface area (Å²) in [4.78, 5) is 3.37. The number of benzene rings is 4. The van der Waals surface area contributed by atoms with Crippen molar-refractivity contribution in [1.82, 2.24) is 4.90 Å². The summed E-state index contributed by atoms with van der Waals surface area (Å²) in [6.45, 7) is 42.0. The lowest BCUT2D eigenvalue weighted by Gasteiger charge is -2.85. The Kier molecular flexibility index (Phi) is 13.5. The Balaban J connectivity index is 2.23. The maximum absolute atomic E-state index is 3.37. The summed E-state index contributed by atoms with van der Waals surface area (Å²) in [7, 11) is 0. The predicted octanol–water partition coefficient (Wildman–Crippen LogP) is 16.7. The largest absolute Gasteiger partial charge is 0.276 e. The van der Waals surface area contributed by atoms with E-state index < -0.39 is 5.54 Å². The van der Waals surface area contributed by atoms with E-state index in [9.17, 15) is 0 Å². The van der Waals surface area contributed by atoms with Crippen LogP contribution < -0.4 is 0 Å². The number of nitrogens with zero attached hydrogens (tertiary/aromatic N) is 1. The first-order valence-electron chi connectivity index (χ1n) is 24.0. The van der Waals surface area contributed by atoms with Gasteiger partial charge in [0.25, 0.3) is 0 Å². The van der Waals surface area contributed by atoms with E-state index in [4.69, 9.17) is 0 Å². The van der Waals surface area contributed by atoms with Crippen LogP contribution in [0.25, 0.3) is 0 Å². The molecular weight excluding hydrogens is 711 g/mol. The fourth-order valence-electron chi connectivity index (χ4n) is 16.5. The summed E-state index contributed by atoms with van der Waals surface area (Å²) >= 11 is 0. The molecule has 0 heterocycles. The lowest BCUT2D eigenvalue weighted by Crippen LogP contribution is -2.87. The first-order chi connectivity index (χ1) is 27.9. The molecule has 1 aliphatic carbocycles. The van der Waals surface area contributed by atoms with E-state index in [0.29, 0.717) is 5.92 Å². The molecule has 1 nitrogen and oxygen atoms in total. The molecule has 59 heavy (non-hydrogen) atoms. The minimum absolute atomic E-state index is 0.0737. The van der Waals surface area contributed by atoms with Crippen LogP contribution in [0.1, 0.15) is 184 Å². The van der Waals surface area contributed by atoms with Crippen LogP contribution in [-0.4, -0.2) is 10.4 Å². The summed E-state index contributed by atoms with van der Waals surface area (Å²) in [6.07, 6.45) is 8.50. The Morgan fingerprint density at radius 3 is 1.19 bits per heavy atom. The highest BCUT2D eigenvalue weighted by Crippen LogP contribution is 2.83. The van der Waals surface area contributed by atoms with Gasteiger partial charge in [0, 0.05) is 21.9 Å². The predicted molar refractivity (Wildman–Crippen MR) is 258 cm³/mol. The molecular formula is C58H85N. The molecule has 1 fully saturated rings. The number of hydrogen-bond acceptors (Lipinski definition) is 1. The Morgan fingerprint density at radius 2 is 0.847 bits per heavy atom. The Bertz CT molecular complexity index is 1880. The summed E-state index contributed by atoms with van der Waals surface area (Å²) in [5, 5.41) is 0. The lowest BCUT2D eigenvalue weighted by molar-refractivity contribution is -0.344. The average molecular weight is 796 g/mol. The molecule has 0 saturated heterocycles. The van der Waals surface area contributed by atoms with E-state index in [2.05, 4.69) is 237 Å². The molecule has 4 aromatic rings. The van der Waals surface area contributed by atoms with Gasteiger partial charge in [0.15, 0.2) is 0 Å². The highest BCUT2D eigenvalue weighted by molar-refractivity contribution is 5.47. The highest BCUT2D eigenvalue weighted by atomic mass is 15.4. The van der Waals surface area contributed by atoms with E-state index >= 15 is 0 Å². The summed E-state index contributed by atoms with van der Waals surface area (Å²) < 4.78 is 0. The topological polar surface area (TPSA) is 3.24 Å². The first-order valence-corrected chi connectivity index (χ1v) is 24.0. The van der Waals surface area contributed by atoms with Gasteiger partial charge in [0.1, 0.15) is 0 Å². The minimum atomic E-state index is -0.441. The van der Waals surface area contributed by atoms with Crippen LogP contribution in [0.2, 0.25) is 0 Å². The van der Waals surface area contributed by atoms with Gasteiger partial charge in [-0.25, -0.2) is 0 Å². The zero-order valence-corrected chi connectivity index (χ0v) is 40.7. The molecule has 4 aromatic carbocycles. The molecule has 0 spiro atoms. The van der Waals surface area contributed by atoms with Crippen molar-refractivity contribution in [3.8, 4) is 0 Å². The molecule has 0 radical (unpaired) electrons. The van der Waals surface area contributed by atoms with Gasteiger partial charge in [-0.3, -0.25) is 4.90 Å². The van der Waals surface area contributed by atoms with Gasteiger partial charge in [-0.05, 0) is 102 Å². The molecule has 4 atom stereocenters. The third-order valence-electron chi connectivity index (χ3n) is 19.6. The second kappa shape index (κ2) is 17.0. The van der Waals surface area contributed by atoms with E-state index in [1.165, 1.54) is 22.3 Å². The second-order valence-corrected chi connectivity index (χ2v) is 20.3. The van der Waals surface area contributed by atoms with Gasteiger partial charge in [-0.1, -0.05) is 232 Å². The molecule has 0 amide bonds. The monoisotopic (exact) mass is 796 g/mol. The third-order valence-corrected chi connectivity index (χ3v) is 19.6. The van der Waals surface area contributed by atoms with E-state index in [-0.39, 0.29) is 43.6 Å². The molecule has 0 bridgehead atoms. The van der Waals surface area contributed by atoms with Crippen LogP contribution in [0.15, 0.2) is 121 Å². The SMILES string of the molecule is CCC(C)C(C)(c1ccccc1)N(C(CC)(c1ccccc1)C(C)(CC)c1ccccc1)C1(CC)C(C)(C)C(CC)(CC)C(C)(c2ccccc2)C(CC)(CC)C1(C)C. The van der Waals surface area contributed by atoms with Crippen molar-refractivity contribution in [2.75, 3.05) is 0 Å². The number of rotatable bonds is 17. The van der Waals surface area contributed by atoms with Crippen molar-refractivity contribution in [1.29, 1.82) is 0 Å². The van der Waals surface area contributed by atoms with Crippen molar-refractivity contribution in [3.63, 3.8) is 0 Å². The van der Waals surface area contributed by atoms with Gasteiger partial charge < -0.3 is 0 Å². The standard InChI is InChI=1S/C58H85N/c1-17-45(9)53(15,47-39-31-26-32-40-47)59(57(23-7,49-43-35-28-36-44-49)52(14,18-2)46-37-29-25-30-38-46)58(24-8)50(10,11)55(19-3,20-4)54(16,48-41-33-27-34-42-48)56(21-5,22-6)51(58,12)13/h25-45H,17-24H2,1-16H3.